The van der Waals surface area contributed by atoms with Crippen LogP contribution in [0.15, 0.2) is 54.6 Å². The van der Waals surface area contributed by atoms with Crippen LogP contribution in [0, 0.1) is 22.0 Å². The van der Waals surface area contributed by atoms with E-state index in [1.807, 2.05) is 49.3 Å². The van der Waals surface area contributed by atoms with Gasteiger partial charge in [-0.3, -0.25) is 10.1 Å². The number of nitro benzene ring substituents is 1. The molecular formula is C18H16N2O2. The molecule has 0 N–H and O–H groups in total. The van der Waals surface area contributed by atoms with Crippen LogP contribution in [-0.2, 0) is 0 Å². The Morgan fingerprint density at radius 3 is 2.23 bits per heavy atom. The van der Waals surface area contributed by atoms with Gasteiger partial charge < -0.3 is 4.90 Å². The molecule has 2 aromatic rings. The molecule has 0 aliphatic carbocycles. The molecule has 0 bridgehead atoms. The van der Waals surface area contributed by atoms with Gasteiger partial charge >= 0.3 is 0 Å². The normalized spacial score (nSPS) is 10.1. The SMILES string of the molecule is CN(C)c1ccc(C#CC=Cc2ccc([N+](=O)[O-])cc2)cc1. The quantitative estimate of drug-likeness (QED) is 0.492. The summed E-state index contributed by atoms with van der Waals surface area (Å²) in [7, 11) is 3.99. The standard InChI is InChI=1S/C18H16N2O2/c1-19(2)17-11-7-15(8-12-17)5-3-4-6-16-9-13-18(14-10-16)20(21)22/h4,6-14H,1-2H3. The summed E-state index contributed by atoms with van der Waals surface area (Å²) >= 11 is 0. The van der Waals surface area contributed by atoms with Crippen molar-refractivity contribution in [3.05, 3.63) is 75.8 Å². The number of rotatable bonds is 3. The van der Waals surface area contributed by atoms with Crippen LogP contribution in [-0.4, -0.2) is 19.0 Å². The molecule has 0 saturated carbocycles. The summed E-state index contributed by atoms with van der Waals surface area (Å²) in [6, 6.07) is 14.3. The molecule has 110 valence electrons. The summed E-state index contributed by atoms with van der Waals surface area (Å²) in [5.41, 5.74) is 3.04. The number of anilines is 1. The Bertz CT molecular complexity index is 733. The number of benzene rings is 2. The largest absolute Gasteiger partial charge is 0.378 e. The molecule has 0 fully saturated rings. The van der Waals surface area contributed by atoms with Crippen LogP contribution in [0.3, 0.4) is 0 Å². The van der Waals surface area contributed by atoms with Crippen molar-refractivity contribution in [2.45, 2.75) is 0 Å². The topological polar surface area (TPSA) is 46.4 Å². The number of non-ortho nitro benzene ring substituents is 1. The summed E-state index contributed by atoms with van der Waals surface area (Å²) in [6.07, 6.45) is 3.56. The number of allylic oxidation sites excluding steroid dienone is 1. The van der Waals surface area contributed by atoms with Crippen molar-refractivity contribution in [2.24, 2.45) is 0 Å². The van der Waals surface area contributed by atoms with Crippen molar-refractivity contribution in [3.8, 4) is 11.8 Å². The molecule has 0 aliphatic rings. The van der Waals surface area contributed by atoms with E-state index in [4.69, 9.17) is 0 Å². The summed E-state index contributed by atoms with van der Waals surface area (Å²) in [4.78, 5) is 12.2. The van der Waals surface area contributed by atoms with E-state index in [2.05, 4.69) is 11.8 Å². The van der Waals surface area contributed by atoms with Gasteiger partial charge in [0.2, 0.25) is 0 Å². The Labute approximate surface area is 129 Å². The Balaban J connectivity index is 2.01. The minimum atomic E-state index is -0.412. The summed E-state index contributed by atoms with van der Waals surface area (Å²) in [5.74, 6) is 6.01. The molecule has 2 rings (SSSR count). The first-order chi connectivity index (χ1) is 10.6. The van der Waals surface area contributed by atoms with Crippen molar-refractivity contribution in [3.63, 3.8) is 0 Å². The van der Waals surface area contributed by atoms with Gasteiger partial charge in [0, 0.05) is 37.5 Å². The minimum absolute atomic E-state index is 0.0872. The molecule has 0 spiro atoms. The highest BCUT2D eigenvalue weighted by Crippen LogP contribution is 2.13. The van der Waals surface area contributed by atoms with E-state index in [0.717, 1.165) is 16.8 Å². The van der Waals surface area contributed by atoms with E-state index in [1.165, 1.54) is 12.1 Å². The molecule has 0 aromatic heterocycles. The van der Waals surface area contributed by atoms with Crippen molar-refractivity contribution in [2.75, 3.05) is 19.0 Å². The van der Waals surface area contributed by atoms with Gasteiger partial charge in [-0.2, -0.15) is 0 Å². The van der Waals surface area contributed by atoms with Crippen molar-refractivity contribution in [1.29, 1.82) is 0 Å². The number of nitro groups is 1. The van der Waals surface area contributed by atoms with E-state index in [-0.39, 0.29) is 5.69 Å². The van der Waals surface area contributed by atoms with Gasteiger partial charge in [-0.1, -0.05) is 11.8 Å². The lowest BCUT2D eigenvalue weighted by Crippen LogP contribution is -2.07. The molecule has 22 heavy (non-hydrogen) atoms. The predicted octanol–water partition coefficient (Wildman–Crippen LogP) is 3.73. The molecule has 2 aromatic carbocycles. The zero-order valence-electron chi connectivity index (χ0n) is 12.5. The fraction of sp³-hybridized carbons (Fsp3) is 0.111. The summed E-state index contributed by atoms with van der Waals surface area (Å²) in [6.45, 7) is 0. The van der Waals surface area contributed by atoms with Crippen molar-refractivity contribution >= 4 is 17.5 Å². The van der Waals surface area contributed by atoms with Gasteiger partial charge in [0.05, 0.1) is 4.92 Å². The van der Waals surface area contributed by atoms with Crippen LogP contribution < -0.4 is 4.90 Å². The second-order valence-electron chi connectivity index (χ2n) is 4.89. The first kappa shape index (κ1) is 15.3. The monoisotopic (exact) mass is 292 g/mol. The fourth-order valence-electron chi connectivity index (χ4n) is 1.81. The first-order valence-corrected chi connectivity index (χ1v) is 6.76. The lowest BCUT2D eigenvalue weighted by Gasteiger charge is -2.11. The van der Waals surface area contributed by atoms with Gasteiger partial charge in [-0.05, 0) is 54.1 Å². The molecule has 0 atom stereocenters. The van der Waals surface area contributed by atoms with Crippen LogP contribution in [0.5, 0.6) is 0 Å². The average molecular weight is 292 g/mol. The third kappa shape index (κ3) is 4.22. The lowest BCUT2D eigenvalue weighted by molar-refractivity contribution is -0.384. The van der Waals surface area contributed by atoms with E-state index < -0.39 is 4.92 Å². The van der Waals surface area contributed by atoms with Gasteiger partial charge in [0.25, 0.3) is 5.69 Å². The van der Waals surface area contributed by atoms with E-state index in [0.29, 0.717) is 0 Å². The molecule has 0 heterocycles. The summed E-state index contributed by atoms with van der Waals surface area (Å²) < 4.78 is 0. The van der Waals surface area contributed by atoms with Crippen molar-refractivity contribution < 1.29 is 4.92 Å². The maximum Gasteiger partial charge on any atom is 0.269 e. The van der Waals surface area contributed by atoms with Gasteiger partial charge in [0.15, 0.2) is 0 Å². The number of nitrogens with zero attached hydrogens (tertiary/aromatic N) is 2. The lowest BCUT2D eigenvalue weighted by atomic mass is 10.2. The average Bonchev–Trinajstić information content (AvgIpc) is 2.52. The van der Waals surface area contributed by atoms with Gasteiger partial charge in [-0.15, -0.1) is 0 Å². The highest BCUT2D eigenvalue weighted by atomic mass is 16.6. The zero-order valence-corrected chi connectivity index (χ0v) is 12.5. The predicted molar refractivity (Wildman–Crippen MR) is 89.8 cm³/mol. The first-order valence-electron chi connectivity index (χ1n) is 6.76. The molecule has 0 saturated heterocycles. The second-order valence-corrected chi connectivity index (χ2v) is 4.89. The zero-order chi connectivity index (χ0) is 15.9. The third-order valence-electron chi connectivity index (χ3n) is 3.06. The molecule has 0 amide bonds. The fourth-order valence-corrected chi connectivity index (χ4v) is 1.81. The van der Waals surface area contributed by atoms with Crippen LogP contribution in [0.1, 0.15) is 11.1 Å². The van der Waals surface area contributed by atoms with E-state index in [1.54, 1.807) is 18.2 Å². The Hall–Kier alpha value is -3.06. The Morgan fingerprint density at radius 2 is 1.68 bits per heavy atom. The molecule has 0 radical (unpaired) electrons. The van der Waals surface area contributed by atoms with E-state index in [9.17, 15) is 10.1 Å². The number of hydrogen-bond donors (Lipinski definition) is 0. The minimum Gasteiger partial charge on any atom is -0.378 e. The molecular weight excluding hydrogens is 276 g/mol. The molecule has 4 heteroatoms. The van der Waals surface area contributed by atoms with Gasteiger partial charge in [-0.25, -0.2) is 0 Å². The maximum absolute atomic E-state index is 10.6. The summed E-state index contributed by atoms with van der Waals surface area (Å²) in [5, 5.41) is 10.6. The Morgan fingerprint density at radius 1 is 1.05 bits per heavy atom. The van der Waals surface area contributed by atoms with Gasteiger partial charge in [0.1, 0.15) is 0 Å². The van der Waals surface area contributed by atoms with Crippen molar-refractivity contribution in [1.82, 2.24) is 0 Å². The number of hydrogen-bond acceptors (Lipinski definition) is 3. The second kappa shape index (κ2) is 7.09. The van der Waals surface area contributed by atoms with Crippen LogP contribution in [0.2, 0.25) is 0 Å². The van der Waals surface area contributed by atoms with Crippen LogP contribution in [0.4, 0.5) is 11.4 Å². The van der Waals surface area contributed by atoms with E-state index >= 15 is 0 Å². The third-order valence-corrected chi connectivity index (χ3v) is 3.06. The maximum atomic E-state index is 10.6. The smallest absolute Gasteiger partial charge is 0.269 e. The Kier molecular flexibility index (Phi) is 4.94. The molecule has 4 nitrogen and oxygen atoms in total. The van der Waals surface area contributed by atoms with Crippen LogP contribution >= 0.6 is 0 Å². The van der Waals surface area contributed by atoms with Crippen LogP contribution in [0.25, 0.3) is 6.08 Å². The highest BCUT2D eigenvalue weighted by Gasteiger charge is 2.01. The molecule has 0 unspecified atom stereocenters. The highest BCUT2D eigenvalue weighted by molar-refractivity contribution is 5.56. The molecule has 0 aliphatic heterocycles.